The van der Waals surface area contributed by atoms with E-state index >= 15 is 0 Å². The molecular weight excluding hydrogens is 412 g/mol. The average Bonchev–Trinajstić information content (AvgIpc) is 3.14. The van der Waals surface area contributed by atoms with Gasteiger partial charge in [-0.3, -0.25) is 0 Å². The van der Waals surface area contributed by atoms with Crippen molar-refractivity contribution in [1.82, 2.24) is 4.98 Å². The number of anilines is 1. The minimum Gasteiger partial charge on any atom is -0.467 e. The normalized spacial score (nSPS) is 11.8. The molecule has 24 heavy (non-hydrogen) atoms. The lowest BCUT2D eigenvalue weighted by atomic mass is 10.2. The van der Waals surface area contributed by atoms with Gasteiger partial charge < -0.3 is 15.5 Å². The molecule has 0 aliphatic carbocycles. The summed E-state index contributed by atoms with van der Waals surface area (Å²) in [6.45, 7) is 2.52. The SMILES string of the molecule is C[C@H](N)Cc1sc2c(NCc3ccco3)cc(C#N)nc2c1Br.Cl. The summed E-state index contributed by atoms with van der Waals surface area (Å²) in [5.41, 5.74) is 7.97. The molecule has 0 bridgehead atoms. The zero-order valence-electron chi connectivity index (χ0n) is 12.9. The van der Waals surface area contributed by atoms with Crippen LogP contribution in [0.2, 0.25) is 0 Å². The third-order valence-electron chi connectivity index (χ3n) is 3.31. The Labute approximate surface area is 158 Å². The molecule has 0 aliphatic heterocycles. The van der Waals surface area contributed by atoms with Gasteiger partial charge >= 0.3 is 0 Å². The van der Waals surface area contributed by atoms with Crippen molar-refractivity contribution in [3.63, 3.8) is 0 Å². The van der Waals surface area contributed by atoms with E-state index in [9.17, 15) is 5.26 Å². The molecule has 0 aromatic carbocycles. The van der Waals surface area contributed by atoms with Crippen LogP contribution in [-0.4, -0.2) is 11.0 Å². The maximum absolute atomic E-state index is 9.23. The minimum absolute atomic E-state index is 0. The van der Waals surface area contributed by atoms with E-state index in [1.165, 1.54) is 0 Å². The molecule has 0 spiro atoms. The first kappa shape index (κ1) is 18.7. The Bertz CT molecular complexity index is 870. The predicted octanol–water partition coefficient (Wildman–Crippen LogP) is 4.45. The van der Waals surface area contributed by atoms with Crippen LogP contribution in [0.25, 0.3) is 10.2 Å². The Morgan fingerprint density at radius 2 is 2.33 bits per heavy atom. The smallest absolute Gasteiger partial charge is 0.143 e. The molecule has 3 aromatic rings. The third-order valence-corrected chi connectivity index (χ3v) is 5.66. The van der Waals surface area contributed by atoms with Crippen LogP contribution in [0, 0.1) is 11.3 Å². The minimum atomic E-state index is 0. The molecule has 0 amide bonds. The number of nitrogens with zero attached hydrogens (tertiary/aromatic N) is 2. The maximum atomic E-state index is 9.23. The van der Waals surface area contributed by atoms with Crippen molar-refractivity contribution in [2.45, 2.75) is 25.9 Å². The van der Waals surface area contributed by atoms with Gasteiger partial charge in [-0.2, -0.15) is 5.26 Å². The number of fused-ring (bicyclic) bond motifs is 1. The third kappa shape index (κ3) is 3.90. The first-order chi connectivity index (χ1) is 11.1. The summed E-state index contributed by atoms with van der Waals surface area (Å²) in [4.78, 5) is 5.56. The summed E-state index contributed by atoms with van der Waals surface area (Å²) >= 11 is 5.25. The maximum Gasteiger partial charge on any atom is 0.143 e. The molecule has 0 saturated heterocycles. The second kappa shape index (κ2) is 7.99. The molecule has 0 fully saturated rings. The van der Waals surface area contributed by atoms with E-state index in [0.717, 1.165) is 37.4 Å². The van der Waals surface area contributed by atoms with E-state index in [1.54, 1.807) is 23.7 Å². The van der Waals surface area contributed by atoms with Crippen LogP contribution in [0.4, 0.5) is 5.69 Å². The van der Waals surface area contributed by atoms with Gasteiger partial charge in [-0.05, 0) is 47.5 Å². The second-order valence-electron chi connectivity index (χ2n) is 5.30. The van der Waals surface area contributed by atoms with Crippen LogP contribution in [0.3, 0.4) is 0 Å². The first-order valence-electron chi connectivity index (χ1n) is 7.12. The van der Waals surface area contributed by atoms with Crippen molar-refractivity contribution in [3.8, 4) is 6.07 Å². The Hall–Kier alpha value is -1.59. The molecule has 3 rings (SSSR count). The van der Waals surface area contributed by atoms with Crippen LogP contribution >= 0.6 is 39.7 Å². The van der Waals surface area contributed by atoms with Crippen LogP contribution in [0.15, 0.2) is 33.4 Å². The molecule has 5 nitrogen and oxygen atoms in total. The molecule has 3 heterocycles. The van der Waals surface area contributed by atoms with E-state index in [0.29, 0.717) is 12.2 Å². The van der Waals surface area contributed by atoms with Crippen molar-refractivity contribution in [1.29, 1.82) is 5.26 Å². The van der Waals surface area contributed by atoms with E-state index in [-0.39, 0.29) is 18.4 Å². The largest absolute Gasteiger partial charge is 0.467 e. The van der Waals surface area contributed by atoms with Gasteiger partial charge in [0.15, 0.2) is 0 Å². The molecule has 0 radical (unpaired) electrons. The zero-order chi connectivity index (χ0) is 16.4. The number of nitriles is 1. The lowest BCUT2D eigenvalue weighted by Gasteiger charge is -2.06. The highest BCUT2D eigenvalue weighted by atomic mass is 79.9. The van der Waals surface area contributed by atoms with Crippen LogP contribution < -0.4 is 11.1 Å². The van der Waals surface area contributed by atoms with Gasteiger partial charge in [-0.15, -0.1) is 23.7 Å². The fourth-order valence-corrected chi connectivity index (χ4v) is 4.38. The molecule has 0 saturated carbocycles. The van der Waals surface area contributed by atoms with E-state index in [1.807, 2.05) is 19.1 Å². The quantitative estimate of drug-likeness (QED) is 0.628. The number of hydrogen-bond donors (Lipinski definition) is 2. The predicted molar refractivity (Wildman–Crippen MR) is 103 cm³/mol. The standard InChI is InChI=1S/C16H15BrN4OS.ClH/c1-9(19)5-13-14(17)15-16(23-13)12(6-10(7-18)21-15)20-8-11-3-2-4-22-11;/h2-4,6,9H,5,8,19H2,1H3,(H,20,21);1H/t9-;/m0./s1. The van der Waals surface area contributed by atoms with Crippen LogP contribution in [-0.2, 0) is 13.0 Å². The fraction of sp³-hybridized carbons (Fsp3) is 0.250. The summed E-state index contributed by atoms with van der Waals surface area (Å²) in [5, 5.41) is 12.6. The summed E-state index contributed by atoms with van der Waals surface area (Å²) in [7, 11) is 0. The van der Waals surface area contributed by atoms with Gasteiger partial charge in [0.05, 0.1) is 33.2 Å². The summed E-state index contributed by atoms with van der Waals surface area (Å²) in [6.07, 6.45) is 2.41. The number of furan rings is 1. The van der Waals surface area contributed by atoms with Crippen molar-refractivity contribution in [2.75, 3.05) is 5.32 Å². The lowest BCUT2D eigenvalue weighted by Crippen LogP contribution is -2.17. The number of pyridine rings is 1. The van der Waals surface area contributed by atoms with Crippen LogP contribution in [0.1, 0.15) is 23.3 Å². The van der Waals surface area contributed by atoms with Gasteiger partial charge in [0.25, 0.3) is 0 Å². The second-order valence-corrected chi connectivity index (χ2v) is 7.20. The van der Waals surface area contributed by atoms with Gasteiger partial charge in [0, 0.05) is 10.9 Å². The first-order valence-corrected chi connectivity index (χ1v) is 8.73. The van der Waals surface area contributed by atoms with Crippen molar-refractivity contribution in [3.05, 3.63) is 45.3 Å². The van der Waals surface area contributed by atoms with E-state index in [2.05, 4.69) is 32.3 Å². The van der Waals surface area contributed by atoms with Crippen molar-refractivity contribution in [2.24, 2.45) is 5.73 Å². The number of aromatic nitrogens is 1. The average molecular weight is 428 g/mol. The highest BCUT2D eigenvalue weighted by Crippen LogP contribution is 2.39. The summed E-state index contributed by atoms with van der Waals surface area (Å²) < 4.78 is 7.28. The molecule has 8 heteroatoms. The fourth-order valence-electron chi connectivity index (χ4n) is 2.29. The van der Waals surface area contributed by atoms with Crippen molar-refractivity contribution >= 4 is 55.6 Å². The molecule has 0 unspecified atom stereocenters. The van der Waals surface area contributed by atoms with Gasteiger partial charge in [0.1, 0.15) is 17.5 Å². The molecule has 1 atom stereocenters. The van der Waals surface area contributed by atoms with Gasteiger partial charge in [-0.25, -0.2) is 4.98 Å². The monoisotopic (exact) mass is 426 g/mol. The number of nitrogens with one attached hydrogen (secondary N) is 1. The summed E-state index contributed by atoms with van der Waals surface area (Å²) in [6, 6.07) is 7.70. The molecule has 126 valence electrons. The Morgan fingerprint density at radius 3 is 2.96 bits per heavy atom. The Morgan fingerprint density at radius 1 is 1.54 bits per heavy atom. The Kier molecular flexibility index (Phi) is 6.24. The zero-order valence-corrected chi connectivity index (χ0v) is 16.1. The van der Waals surface area contributed by atoms with E-state index < -0.39 is 0 Å². The van der Waals surface area contributed by atoms with Gasteiger partial charge in [-0.1, -0.05) is 0 Å². The molecular formula is C16H16BrClN4OS. The lowest BCUT2D eigenvalue weighted by molar-refractivity contribution is 0.518. The highest BCUT2D eigenvalue weighted by Gasteiger charge is 2.17. The number of nitrogens with two attached hydrogens (primary N) is 1. The van der Waals surface area contributed by atoms with Crippen molar-refractivity contribution < 1.29 is 4.42 Å². The number of halogens is 2. The summed E-state index contributed by atoms with van der Waals surface area (Å²) in [5.74, 6) is 0.833. The van der Waals surface area contributed by atoms with Crippen LogP contribution in [0.5, 0.6) is 0 Å². The topological polar surface area (TPSA) is 87.9 Å². The number of rotatable bonds is 5. The number of thiophene rings is 1. The molecule has 3 aromatic heterocycles. The van der Waals surface area contributed by atoms with E-state index in [4.69, 9.17) is 10.2 Å². The Balaban J connectivity index is 0.00000208. The molecule has 0 aliphatic rings. The molecule has 3 N–H and O–H groups in total. The van der Waals surface area contributed by atoms with Gasteiger partial charge in [0.2, 0.25) is 0 Å². The number of hydrogen-bond acceptors (Lipinski definition) is 6. The highest BCUT2D eigenvalue weighted by molar-refractivity contribution is 9.10.